The Kier molecular flexibility index (Phi) is 3.37. The molecule has 0 saturated heterocycles. The first-order valence-electron chi connectivity index (χ1n) is 4.44. The maximum atomic E-state index is 13.0. The number of hydrogen-bond donors (Lipinski definition) is 1. The molecule has 0 fully saturated rings. The fourth-order valence-electron chi connectivity index (χ4n) is 1.37. The number of rotatable bonds is 2. The summed E-state index contributed by atoms with van der Waals surface area (Å²) in [7, 11) is 0. The van der Waals surface area contributed by atoms with Gasteiger partial charge in [0.05, 0.1) is 0 Å². The molecule has 5 heteroatoms. The molecule has 2 rings (SSSR count). The maximum Gasteiger partial charge on any atom is 0.126 e. The van der Waals surface area contributed by atoms with Crippen LogP contribution in [0.1, 0.15) is 16.5 Å². The zero-order valence-electron chi connectivity index (χ0n) is 7.95. The minimum absolute atomic E-state index is 0.215. The molecule has 84 valence electrons. The number of benzene rings is 1. The minimum atomic E-state index is -0.999. The molecule has 0 spiro atoms. The van der Waals surface area contributed by atoms with Crippen molar-refractivity contribution in [3.8, 4) is 0 Å². The first-order valence-corrected chi connectivity index (χ1v) is 6.11. The second-order valence-electron chi connectivity index (χ2n) is 3.27. The lowest BCUT2D eigenvalue weighted by Gasteiger charge is -2.08. The molecule has 0 amide bonds. The van der Waals surface area contributed by atoms with E-state index in [2.05, 4.69) is 15.9 Å². The lowest BCUT2D eigenvalue weighted by molar-refractivity contribution is 0.223. The fraction of sp³-hybridized carbons (Fsp3) is 0.0909. The van der Waals surface area contributed by atoms with Crippen molar-refractivity contribution in [1.29, 1.82) is 0 Å². The first-order chi connectivity index (χ1) is 7.56. The second kappa shape index (κ2) is 4.61. The lowest BCUT2D eigenvalue weighted by Crippen LogP contribution is -1.98. The molecule has 1 N–H and O–H groups in total. The van der Waals surface area contributed by atoms with Gasteiger partial charge in [-0.3, -0.25) is 0 Å². The number of thiophene rings is 1. The van der Waals surface area contributed by atoms with Crippen LogP contribution in [0.15, 0.2) is 34.1 Å². The SMILES string of the molecule is OC(c1cc(F)cc(F)c1)c1cc(Br)cs1. The molecule has 1 atom stereocenters. The first kappa shape index (κ1) is 11.7. The summed E-state index contributed by atoms with van der Waals surface area (Å²) < 4.78 is 26.7. The third-order valence-corrected chi connectivity index (χ3v) is 3.80. The van der Waals surface area contributed by atoms with Gasteiger partial charge in [-0.1, -0.05) is 0 Å². The Labute approximate surface area is 103 Å². The number of aliphatic hydroxyl groups excluding tert-OH is 1. The minimum Gasteiger partial charge on any atom is -0.383 e. The van der Waals surface area contributed by atoms with Crippen LogP contribution in [0.25, 0.3) is 0 Å². The van der Waals surface area contributed by atoms with Crippen molar-refractivity contribution < 1.29 is 13.9 Å². The summed E-state index contributed by atoms with van der Waals surface area (Å²) in [5.41, 5.74) is 0.215. The van der Waals surface area contributed by atoms with E-state index in [1.807, 2.05) is 0 Å². The lowest BCUT2D eigenvalue weighted by atomic mass is 10.1. The van der Waals surface area contributed by atoms with Crippen molar-refractivity contribution >= 4 is 27.3 Å². The fourth-order valence-corrected chi connectivity index (χ4v) is 2.82. The van der Waals surface area contributed by atoms with Gasteiger partial charge in [0.2, 0.25) is 0 Å². The zero-order chi connectivity index (χ0) is 11.7. The largest absolute Gasteiger partial charge is 0.383 e. The van der Waals surface area contributed by atoms with E-state index in [0.717, 1.165) is 22.7 Å². The van der Waals surface area contributed by atoms with Gasteiger partial charge in [0.1, 0.15) is 17.7 Å². The highest BCUT2D eigenvalue weighted by molar-refractivity contribution is 9.10. The Bertz CT molecular complexity index is 492. The highest BCUT2D eigenvalue weighted by atomic mass is 79.9. The Hall–Kier alpha value is -0.780. The molecule has 0 aliphatic rings. The Morgan fingerprint density at radius 2 is 1.75 bits per heavy atom. The van der Waals surface area contributed by atoms with Crippen LogP contribution in [0.3, 0.4) is 0 Å². The molecular formula is C11H7BrF2OS. The van der Waals surface area contributed by atoms with E-state index < -0.39 is 17.7 Å². The van der Waals surface area contributed by atoms with Crippen molar-refractivity contribution in [3.63, 3.8) is 0 Å². The predicted octanol–water partition coefficient (Wildman–Crippen LogP) is 3.87. The smallest absolute Gasteiger partial charge is 0.126 e. The second-order valence-corrected chi connectivity index (χ2v) is 5.13. The summed E-state index contributed by atoms with van der Waals surface area (Å²) >= 11 is 4.58. The third kappa shape index (κ3) is 2.48. The molecule has 0 saturated carbocycles. The van der Waals surface area contributed by atoms with Gasteiger partial charge in [0.15, 0.2) is 0 Å². The topological polar surface area (TPSA) is 20.2 Å². The summed E-state index contributed by atoms with van der Waals surface area (Å²) in [6.45, 7) is 0. The van der Waals surface area contributed by atoms with E-state index in [4.69, 9.17) is 0 Å². The summed E-state index contributed by atoms with van der Waals surface area (Å²) in [5.74, 6) is -1.38. The summed E-state index contributed by atoms with van der Waals surface area (Å²) in [5, 5.41) is 11.7. The van der Waals surface area contributed by atoms with Gasteiger partial charge in [-0.15, -0.1) is 11.3 Å². The number of hydrogen-bond acceptors (Lipinski definition) is 2. The standard InChI is InChI=1S/C11H7BrF2OS/c12-7-3-10(16-5-7)11(15)6-1-8(13)4-9(14)2-6/h1-5,11,15H. The molecule has 0 aliphatic carbocycles. The highest BCUT2D eigenvalue weighted by Crippen LogP contribution is 2.30. The van der Waals surface area contributed by atoms with Crippen molar-refractivity contribution in [1.82, 2.24) is 0 Å². The molecule has 1 unspecified atom stereocenters. The van der Waals surface area contributed by atoms with Gasteiger partial charge in [-0.2, -0.15) is 0 Å². The normalized spacial score (nSPS) is 12.8. The zero-order valence-corrected chi connectivity index (χ0v) is 10.4. The van der Waals surface area contributed by atoms with Crippen LogP contribution >= 0.6 is 27.3 Å². The van der Waals surface area contributed by atoms with Crippen LogP contribution in [-0.2, 0) is 0 Å². The third-order valence-electron chi connectivity index (χ3n) is 2.06. The highest BCUT2D eigenvalue weighted by Gasteiger charge is 2.14. The Morgan fingerprint density at radius 1 is 1.12 bits per heavy atom. The summed E-state index contributed by atoms with van der Waals surface area (Å²) in [6.07, 6.45) is -0.999. The maximum absolute atomic E-state index is 13.0. The van der Waals surface area contributed by atoms with Gasteiger partial charge in [0.25, 0.3) is 0 Å². The molecule has 1 heterocycles. The van der Waals surface area contributed by atoms with Crippen molar-refractivity contribution in [3.05, 3.63) is 56.2 Å². The summed E-state index contributed by atoms with van der Waals surface area (Å²) in [6, 6.07) is 4.75. The quantitative estimate of drug-likeness (QED) is 0.893. The Morgan fingerprint density at radius 3 is 2.25 bits per heavy atom. The Balaban J connectivity index is 2.37. The van der Waals surface area contributed by atoms with Crippen molar-refractivity contribution in [2.24, 2.45) is 0 Å². The molecule has 0 aliphatic heterocycles. The van der Waals surface area contributed by atoms with E-state index >= 15 is 0 Å². The van der Waals surface area contributed by atoms with Gasteiger partial charge in [-0.05, 0) is 39.7 Å². The molecular weight excluding hydrogens is 298 g/mol. The van der Waals surface area contributed by atoms with Crippen LogP contribution in [0.2, 0.25) is 0 Å². The van der Waals surface area contributed by atoms with Gasteiger partial charge in [0, 0.05) is 20.8 Å². The molecule has 1 aromatic carbocycles. The molecule has 0 radical (unpaired) electrons. The molecule has 16 heavy (non-hydrogen) atoms. The molecule has 1 nitrogen and oxygen atoms in total. The van der Waals surface area contributed by atoms with E-state index in [1.54, 1.807) is 11.4 Å². The van der Waals surface area contributed by atoms with E-state index in [0.29, 0.717) is 4.88 Å². The van der Waals surface area contributed by atoms with Gasteiger partial charge >= 0.3 is 0 Å². The number of halogens is 3. The average Bonchev–Trinajstić information content (AvgIpc) is 2.62. The monoisotopic (exact) mass is 304 g/mol. The van der Waals surface area contributed by atoms with Crippen LogP contribution < -0.4 is 0 Å². The van der Waals surface area contributed by atoms with Gasteiger partial charge in [-0.25, -0.2) is 8.78 Å². The van der Waals surface area contributed by atoms with Gasteiger partial charge < -0.3 is 5.11 Å². The van der Waals surface area contributed by atoms with E-state index in [-0.39, 0.29) is 5.56 Å². The summed E-state index contributed by atoms with van der Waals surface area (Å²) in [4.78, 5) is 0.636. The van der Waals surface area contributed by atoms with Crippen LogP contribution in [0.4, 0.5) is 8.78 Å². The molecule has 2 aromatic rings. The van der Waals surface area contributed by atoms with Crippen LogP contribution in [0.5, 0.6) is 0 Å². The molecule has 1 aromatic heterocycles. The van der Waals surface area contributed by atoms with E-state index in [1.165, 1.54) is 11.3 Å². The molecule has 0 bridgehead atoms. The van der Waals surface area contributed by atoms with E-state index in [9.17, 15) is 13.9 Å². The van der Waals surface area contributed by atoms with Crippen LogP contribution in [0, 0.1) is 11.6 Å². The van der Waals surface area contributed by atoms with Crippen molar-refractivity contribution in [2.45, 2.75) is 6.10 Å². The van der Waals surface area contributed by atoms with Crippen molar-refractivity contribution in [2.75, 3.05) is 0 Å². The average molecular weight is 305 g/mol. The van der Waals surface area contributed by atoms with Crippen LogP contribution in [-0.4, -0.2) is 5.11 Å². The number of aliphatic hydroxyl groups is 1. The predicted molar refractivity (Wildman–Crippen MR) is 62.4 cm³/mol.